The lowest BCUT2D eigenvalue weighted by molar-refractivity contribution is -0.122. The minimum absolute atomic E-state index is 0.239. The van der Waals surface area contributed by atoms with Crippen molar-refractivity contribution >= 4 is 29.0 Å². The molecule has 0 bridgehead atoms. The highest BCUT2D eigenvalue weighted by Gasteiger charge is 2.15. The Labute approximate surface area is 174 Å². The van der Waals surface area contributed by atoms with E-state index in [1.165, 1.54) is 0 Å². The number of benzene rings is 3. The molecular weight excluding hydrogens is 380 g/mol. The van der Waals surface area contributed by atoms with Gasteiger partial charge < -0.3 is 15.4 Å². The minimum Gasteiger partial charge on any atom is -0.481 e. The molecule has 0 spiro atoms. The zero-order valence-corrected chi connectivity index (χ0v) is 16.5. The third kappa shape index (κ3) is 6.04. The lowest BCUT2D eigenvalue weighted by Gasteiger charge is -2.15. The first-order valence-corrected chi connectivity index (χ1v) is 9.52. The number of ketones is 1. The van der Waals surface area contributed by atoms with Crippen LogP contribution in [0.25, 0.3) is 0 Å². The Morgan fingerprint density at radius 2 is 1.30 bits per heavy atom. The molecule has 1 unspecified atom stereocenters. The first kappa shape index (κ1) is 20.8. The molecule has 0 heterocycles. The molecule has 0 aliphatic heterocycles. The van der Waals surface area contributed by atoms with Crippen molar-refractivity contribution in [2.24, 2.45) is 0 Å². The van der Waals surface area contributed by atoms with E-state index < -0.39 is 12.0 Å². The summed E-state index contributed by atoms with van der Waals surface area (Å²) in [4.78, 5) is 36.5. The highest BCUT2D eigenvalue weighted by Crippen LogP contribution is 2.16. The molecule has 6 heteroatoms. The summed E-state index contributed by atoms with van der Waals surface area (Å²) in [7, 11) is 0. The van der Waals surface area contributed by atoms with E-state index >= 15 is 0 Å². The number of carbonyl (C=O) groups excluding carboxylic acids is 3. The van der Waals surface area contributed by atoms with Crippen molar-refractivity contribution in [2.45, 2.75) is 19.4 Å². The number of rotatable bonds is 8. The summed E-state index contributed by atoms with van der Waals surface area (Å²) in [6.45, 7) is 1.67. The Balaban J connectivity index is 1.50. The third-order valence-electron chi connectivity index (χ3n) is 4.28. The topological polar surface area (TPSA) is 84.5 Å². The summed E-state index contributed by atoms with van der Waals surface area (Å²) in [6.07, 6.45) is -0.910. The van der Waals surface area contributed by atoms with Crippen LogP contribution in [0.15, 0.2) is 84.9 Å². The maximum Gasteiger partial charge on any atom is 0.265 e. The number of Topliss-reactive ketones (excluding diaryl/α,β-unsaturated/α-hetero) is 1. The molecule has 0 aliphatic carbocycles. The van der Waals surface area contributed by atoms with Gasteiger partial charge in [0.25, 0.3) is 5.91 Å². The Bertz CT molecular complexity index is 1000. The monoisotopic (exact) mass is 402 g/mol. The molecule has 0 aliphatic rings. The molecule has 3 aromatic rings. The molecule has 3 aromatic carbocycles. The van der Waals surface area contributed by atoms with Gasteiger partial charge in [-0.15, -0.1) is 0 Å². The van der Waals surface area contributed by atoms with Gasteiger partial charge in [0.05, 0.1) is 6.42 Å². The number of anilines is 2. The second-order valence-corrected chi connectivity index (χ2v) is 6.65. The highest BCUT2D eigenvalue weighted by molar-refractivity contribution is 6.11. The smallest absolute Gasteiger partial charge is 0.265 e. The fourth-order valence-electron chi connectivity index (χ4n) is 2.71. The molecule has 0 saturated heterocycles. The highest BCUT2D eigenvalue weighted by atomic mass is 16.5. The van der Waals surface area contributed by atoms with Gasteiger partial charge >= 0.3 is 0 Å². The number of hydrogen-bond donors (Lipinski definition) is 2. The summed E-state index contributed by atoms with van der Waals surface area (Å²) < 4.78 is 5.60. The van der Waals surface area contributed by atoms with Crippen LogP contribution < -0.4 is 15.4 Å². The third-order valence-corrected chi connectivity index (χ3v) is 4.28. The molecule has 1 atom stereocenters. The van der Waals surface area contributed by atoms with Crippen LogP contribution in [0.3, 0.4) is 0 Å². The van der Waals surface area contributed by atoms with Crippen molar-refractivity contribution in [1.29, 1.82) is 0 Å². The van der Waals surface area contributed by atoms with Crippen LogP contribution in [-0.4, -0.2) is 23.7 Å². The zero-order chi connectivity index (χ0) is 21.3. The molecule has 0 saturated carbocycles. The largest absolute Gasteiger partial charge is 0.481 e. The van der Waals surface area contributed by atoms with Crippen molar-refractivity contribution in [1.82, 2.24) is 0 Å². The van der Waals surface area contributed by atoms with Crippen LogP contribution in [0.2, 0.25) is 0 Å². The number of para-hydroxylation sites is 1. The maximum atomic E-state index is 12.3. The lowest BCUT2D eigenvalue weighted by Crippen LogP contribution is -2.30. The van der Waals surface area contributed by atoms with Gasteiger partial charge in [-0.3, -0.25) is 14.4 Å². The number of nitrogens with one attached hydrogen (secondary N) is 2. The van der Waals surface area contributed by atoms with E-state index in [1.807, 2.05) is 24.3 Å². The fourth-order valence-corrected chi connectivity index (χ4v) is 2.71. The van der Waals surface area contributed by atoms with E-state index in [9.17, 15) is 14.4 Å². The van der Waals surface area contributed by atoms with E-state index in [0.717, 1.165) is 0 Å². The molecule has 30 heavy (non-hydrogen) atoms. The van der Waals surface area contributed by atoms with E-state index in [-0.39, 0.29) is 18.1 Å². The molecule has 152 valence electrons. The summed E-state index contributed by atoms with van der Waals surface area (Å²) in [5.74, 6) is -0.317. The second-order valence-electron chi connectivity index (χ2n) is 6.65. The predicted molar refractivity (Wildman–Crippen MR) is 116 cm³/mol. The summed E-state index contributed by atoms with van der Waals surface area (Å²) in [5, 5.41) is 5.45. The van der Waals surface area contributed by atoms with Crippen LogP contribution in [-0.2, 0) is 9.59 Å². The Hall–Kier alpha value is -3.93. The average Bonchev–Trinajstić information content (AvgIpc) is 2.76. The Kier molecular flexibility index (Phi) is 6.95. The van der Waals surface area contributed by atoms with Gasteiger partial charge in [0, 0.05) is 16.9 Å². The van der Waals surface area contributed by atoms with Gasteiger partial charge in [-0.1, -0.05) is 48.5 Å². The number of hydrogen-bond acceptors (Lipinski definition) is 4. The molecule has 0 aromatic heterocycles. The van der Waals surface area contributed by atoms with Crippen LogP contribution in [0.4, 0.5) is 11.4 Å². The quantitative estimate of drug-likeness (QED) is 0.434. The molecule has 2 amide bonds. The summed E-state index contributed by atoms with van der Waals surface area (Å²) in [5.41, 5.74) is 1.60. The molecular formula is C24H22N2O4. The van der Waals surface area contributed by atoms with Gasteiger partial charge in [-0.25, -0.2) is 0 Å². The molecule has 0 fully saturated rings. The summed E-state index contributed by atoms with van der Waals surface area (Å²) in [6, 6.07) is 24.4. The number of ether oxygens (including phenoxy) is 1. The molecule has 6 nitrogen and oxygen atoms in total. The summed E-state index contributed by atoms with van der Waals surface area (Å²) >= 11 is 0. The second kappa shape index (κ2) is 10.0. The minimum atomic E-state index is -0.671. The molecule has 2 N–H and O–H groups in total. The first-order chi connectivity index (χ1) is 14.5. The lowest BCUT2D eigenvalue weighted by atomic mass is 10.1. The van der Waals surface area contributed by atoms with E-state index in [1.54, 1.807) is 67.6 Å². The Morgan fingerprint density at radius 1 is 0.767 bits per heavy atom. The first-order valence-electron chi connectivity index (χ1n) is 9.52. The maximum absolute atomic E-state index is 12.3. The van der Waals surface area contributed by atoms with Gasteiger partial charge in [-0.05, 0) is 43.3 Å². The normalized spacial score (nSPS) is 11.2. The van der Waals surface area contributed by atoms with E-state index in [0.29, 0.717) is 22.7 Å². The molecule has 3 rings (SSSR count). The zero-order valence-electron chi connectivity index (χ0n) is 16.5. The van der Waals surface area contributed by atoms with Crippen LogP contribution >= 0.6 is 0 Å². The van der Waals surface area contributed by atoms with Gasteiger partial charge in [0.1, 0.15) is 5.75 Å². The average molecular weight is 402 g/mol. The van der Waals surface area contributed by atoms with Crippen molar-refractivity contribution in [3.8, 4) is 5.75 Å². The van der Waals surface area contributed by atoms with Crippen LogP contribution in [0, 0.1) is 0 Å². The van der Waals surface area contributed by atoms with Gasteiger partial charge in [-0.2, -0.15) is 0 Å². The van der Waals surface area contributed by atoms with Crippen molar-refractivity contribution in [2.75, 3.05) is 10.6 Å². The van der Waals surface area contributed by atoms with Crippen molar-refractivity contribution < 1.29 is 19.1 Å². The van der Waals surface area contributed by atoms with E-state index in [2.05, 4.69) is 10.6 Å². The van der Waals surface area contributed by atoms with Gasteiger partial charge in [0.2, 0.25) is 5.91 Å². The SMILES string of the molecule is CC(Oc1ccccc1)C(=O)Nc1ccc(NC(=O)CC(=O)c2ccccc2)cc1. The van der Waals surface area contributed by atoms with Crippen LogP contribution in [0.5, 0.6) is 5.75 Å². The van der Waals surface area contributed by atoms with Crippen LogP contribution in [0.1, 0.15) is 23.7 Å². The van der Waals surface area contributed by atoms with Gasteiger partial charge in [0.15, 0.2) is 11.9 Å². The fraction of sp³-hybridized carbons (Fsp3) is 0.125. The van der Waals surface area contributed by atoms with Crippen molar-refractivity contribution in [3.63, 3.8) is 0 Å². The number of amides is 2. The predicted octanol–water partition coefficient (Wildman–Crippen LogP) is 4.30. The van der Waals surface area contributed by atoms with E-state index in [4.69, 9.17) is 4.74 Å². The standard InChI is InChI=1S/C24H22N2O4/c1-17(30-21-10-6-3-7-11-21)24(29)26-20-14-12-19(13-15-20)25-23(28)16-22(27)18-8-4-2-5-9-18/h2-15,17H,16H2,1H3,(H,25,28)(H,26,29). The Morgan fingerprint density at radius 3 is 1.90 bits per heavy atom. The van der Waals surface area contributed by atoms with Crippen molar-refractivity contribution in [3.05, 3.63) is 90.5 Å². The molecule has 0 radical (unpaired) electrons. The number of carbonyl (C=O) groups is 3.